The summed E-state index contributed by atoms with van der Waals surface area (Å²) in [5, 5.41) is 6.17. The van der Waals surface area contributed by atoms with Crippen LogP contribution in [0, 0.1) is 0 Å². The molecule has 1 aliphatic rings. The molecule has 3 aromatic rings. The average molecular weight is 376 g/mol. The first-order valence-corrected chi connectivity index (χ1v) is 9.52. The Hall–Kier alpha value is -3.13. The number of anilines is 3. The zero-order valence-corrected chi connectivity index (χ0v) is 15.9. The number of nitrogens with one attached hydrogen (secondary N) is 2. The number of aromatic nitrogens is 5. The second-order valence-electron chi connectivity index (χ2n) is 6.86. The molecule has 4 rings (SSSR count). The third-order valence-corrected chi connectivity index (χ3v) is 4.88. The van der Waals surface area contributed by atoms with Crippen LogP contribution in [0.25, 0.3) is 0 Å². The minimum absolute atomic E-state index is 0.388. The molecule has 3 aromatic heterocycles. The molecule has 4 heterocycles. The van der Waals surface area contributed by atoms with Gasteiger partial charge in [0.1, 0.15) is 18.0 Å². The summed E-state index contributed by atoms with van der Waals surface area (Å²) in [6.07, 6.45) is 7.46. The van der Waals surface area contributed by atoms with Gasteiger partial charge in [0.15, 0.2) is 0 Å². The second kappa shape index (κ2) is 8.71. The third kappa shape index (κ3) is 4.58. The first-order valence-electron chi connectivity index (χ1n) is 9.52. The number of pyridine rings is 1. The number of hydrogen-bond acceptors (Lipinski definition) is 8. The van der Waals surface area contributed by atoms with Crippen LogP contribution in [0.3, 0.4) is 0 Å². The van der Waals surface area contributed by atoms with Crippen molar-refractivity contribution in [2.45, 2.75) is 25.3 Å². The van der Waals surface area contributed by atoms with Gasteiger partial charge in [0.2, 0.25) is 5.95 Å². The summed E-state index contributed by atoms with van der Waals surface area (Å²) in [7, 11) is 1.82. The van der Waals surface area contributed by atoms with E-state index >= 15 is 0 Å². The summed E-state index contributed by atoms with van der Waals surface area (Å²) in [4.78, 5) is 24.3. The first-order chi connectivity index (χ1) is 13.8. The van der Waals surface area contributed by atoms with E-state index in [-0.39, 0.29) is 0 Å². The molecule has 0 amide bonds. The molecule has 28 heavy (non-hydrogen) atoms. The minimum atomic E-state index is 0.388. The van der Waals surface area contributed by atoms with Crippen molar-refractivity contribution in [2.24, 2.45) is 0 Å². The fraction of sp³-hybridized carbons (Fsp3) is 0.350. The van der Waals surface area contributed by atoms with Crippen LogP contribution in [-0.2, 0) is 6.54 Å². The number of hydrogen-bond donors (Lipinski definition) is 2. The SMILES string of the molecule is CNc1cc(Nc2nccc([C@@H]3CCCN(Cc4ccccn4)C3)n2)ncn1. The molecule has 8 nitrogen and oxygen atoms in total. The minimum Gasteiger partial charge on any atom is -0.373 e. The van der Waals surface area contributed by atoms with Gasteiger partial charge in [-0.05, 0) is 37.6 Å². The molecule has 0 bridgehead atoms. The molecular formula is C20H24N8. The maximum absolute atomic E-state index is 4.74. The Labute approximate surface area is 164 Å². The van der Waals surface area contributed by atoms with Crippen LogP contribution in [0.15, 0.2) is 49.1 Å². The van der Waals surface area contributed by atoms with E-state index in [1.807, 2.05) is 43.7 Å². The van der Waals surface area contributed by atoms with Crippen molar-refractivity contribution in [3.8, 4) is 0 Å². The van der Waals surface area contributed by atoms with Crippen molar-refractivity contribution in [2.75, 3.05) is 30.8 Å². The van der Waals surface area contributed by atoms with Crippen LogP contribution in [0.2, 0.25) is 0 Å². The van der Waals surface area contributed by atoms with E-state index in [0.717, 1.165) is 49.7 Å². The molecule has 0 radical (unpaired) electrons. The van der Waals surface area contributed by atoms with Gasteiger partial charge in [-0.1, -0.05) is 6.07 Å². The Morgan fingerprint density at radius 2 is 2.00 bits per heavy atom. The molecule has 0 aromatic carbocycles. The van der Waals surface area contributed by atoms with Gasteiger partial charge in [0.05, 0.1) is 11.4 Å². The smallest absolute Gasteiger partial charge is 0.228 e. The van der Waals surface area contributed by atoms with Gasteiger partial charge in [-0.25, -0.2) is 19.9 Å². The summed E-state index contributed by atoms with van der Waals surface area (Å²) >= 11 is 0. The zero-order valence-electron chi connectivity index (χ0n) is 15.9. The molecule has 1 aliphatic heterocycles. The zero-order chi connectivity index (χ0) is 19.2. The van der Waals surface area contributed by atoms with E-state index in [0.29, 0.717) is 17.7 Å². The highest BCUT2D eigenvalue weighted by molar-refractivity contribution is 5.52. The summed E-state index contributed by atoms with van der Waals surface area (Å²) < 4.78 is 0. The van der Waals surface area contributed by atoms with Crippen LogP contribution in [0.1, 0.15) is 30.1 Å². The number of rotatable bonds is 6. The highest BCUT2D eigenvalue weighted by Gasteiger charge is 2.23. The van der Waals surface area contributed by atoms with Gasteiger partial charge < -0.3 is 10.6 Å². The van der Waals surface area contributed by atoms with Crippen molar-refractivity contribution >= 4 is 17.6 Å². The van der Waals surface area contributed by atoms with Crippen LogP contribution in [0.5, 0.6) is 0 Å². The van der Waals surface area contributed by atoms with E-state index in [4.69, 9.17) is 4.98 Å². The lowest BCUT2D eigenvalue weighted by molar-refractivity contribution is 0.196. The van der Waals surface area contributed by atoms with E-state index in [9.17, 15) is 0 Å². The highest BCUT2D eigenvalue weighted by atomic mass is 15.2. The standard InChI is InChI=1S/C20H24N8/c1-21-18-11-19(25-14-24-18)27-20-23-9-7-17(26-20)15-5-4-10-28(12-15)13-16-6-2-3-8-22-16/h2-3,6-9,11,14-15H,4-5,10,12-13H2,1H3,(H2,21,23,24,25,26,27)/t15-/m1/s1. The average Bonchev–Trinajstić information content (AvgIpc) is 2.75. The molecule has 0 saturated carbocycles. The Morgan fingerprint density at radius 3 is 2.86 bits per heavy atom. The Balaban J connectivity index is 1.44. The fourth-order valence-electron chi connectivity index (χ4n) is 3.50. The molecule has 2 N–H and O–H groups in total. The first kappa shape index (κ1) is 18.2. The van der Waals surface area contributed by atoms with Gasteiger partial charge in [-0.15, -0.1) is 0 Å². The normalized spacial score (nSPS) is 17.2. The Morgan fingerprint density at radius 1 is 1.07 bits per heavy atom. The molecule has 0 aliphatic carbocycles. The van der Waals surface area contributed by atoms with E-state index < -0.39 is 0 Å². The van der Waals surface area contributed by atoms with Gasteiger partial charge in [-0.2, -0.15) is 0 Å². The third-order valence-electron chi connectivity index (χ3n) is 4.88. The summed E-state index contributed by atoms with van der Waals surface area (Å²) in [6.45, 7) is 2.95. The van der Waals surface area contributed by atoms with Crippen molar-refractivity contribution in [3.05, 3.63) is 60.4 Å². The number of likely N-dealkylation sites (tertiary alicyclic amines) is 1. The maximum atomic E-state index is 4.74. The highest BCUT2D eigenvalue weighted by Crippen LogP contribution is 2.27. The van der Waals surface area contributed by atoms with Gasteiger partial charge >= 0.3 is 0 Å². The molecule has 0 spiro atoms. The Kier molecular flexibility index (Phi) is 5.67. The topological polar surface area (TPSA) is 91.8 Å². The largest absolute Gasteiger partial charge is 0.373 e. The Bertz CT molecular complexity index is 901. The fourth-order valence-corrected chi connectivity index (χ4v) is 3.50. The predicted molar refractivity (Wildman–Crippen MR) is 108 cm³/mol. The van der Waals surface area contributed by atoms with Crippen molar-refractivity contribution in [3.63, 3.8) is 0 Å². The monoisotopic (exact) mass is 376 g/mol. The predicted octanol–water partition coefficient (Wildman–Crippen LogP) is 2.83. The van der Waals surface area contributed by atoms with Crippen molar-refractivity contribution in [1.29, 1.82) is 0 Å². The summed E-state index contributed by atoms with van der Waals surface area (Å²) in [5.41, 5.74) is 2.17. The van der Waals surface area contributed by atoms with E-state index in [1.54, 1.807) is 0 Å². The lowest BCUT2D eigenvalue weighted by Gasteiger charge is -2.32. The van der Waals surface area contributed by atoms with Gasteiger partial charge in [0.25, 0.3) is 0 Å². The molecule has 144 valence electrons. The number of piperidine rings is 1. The van der Waals surface area contributed by atoms with Crippen molar-refractivity contribution in [1.82, 2.24) is 29.8 Å². The molecule has 1 saturated heterocycles. The summed E-state index contributed by atoms with van der Waals surface area (Å²) in [5.74, 6) is 2.35. The van der Waals surface area contributed by atoms with Crippen LogP contribution in [0.4, 0.5) is 17.6 Å². The molecule has 1 fully saturated rings. The molecule has 0 unspecified atom stereocenters. The van der Waals surface area contributed by atoms with Gasteiger partial charge in [-0.3, -0.25) is 9.88 Å². The number of nitrogens with zero attached hydrogens (tertiary/aromatic N) is 6. The van der Waals surface area contributed by atoms with Crippen LogP contribution >= 0.6 is 0 Å². The lowest BCUT2D eigenvalue weighted by atomic mass is 9.94. The lowest BCUT2D eigenvalue weighted by Crippen LogP contribution is -2.34. The van der Waals surface area contributed by atoms with Gasteiger partial charge in [0, 0.05) is 44.5 Å². The van der Waals surface area contributed by atoms with Crippen LogP contribution < -0.4 is 10.6 Å². The van der Waals surface area contributed by atoms with Crippen LogP contribution in [-0.4, -0.2) is 50.0 Å². The molecular weight excluding hydrogens is 352 g/mol. The molecule has 8 heteroatoms. The van der Waals surface area contributed by atoms with Crippen molar-refractivity contribution < 1.29 is 0 Å². The summed E-state index contributed by atoms with van der Waals surface area (Å²) in [6, 6.07) is 9.91. The maximum Gasteiger partial charge on any atom is 0.228 e. The van der Waals surface area contributed by atoms with E-state index in [2.05, 4.69) is 41.5 Å². The second-order valence-corrected chi connectivity index (χ2v) is 6.86. The molecule has 1 atom stereocenters. The quantitative estimate of drug-likeness (QED) is 0.679. The van der Waals surface area contributed by atoms with E-state index in [1.165, 1.54) is 6.33 Å².